The molecule has 1 atom stereocenters. The highest BCUT2D eigenvalue weighted by Crippen LogP contribution is 2.32. The Labute approximate surface area is 240 Å². The second kappa shape index (κ2) is 12.1. The zero-order valence-electron chi connectivity index (χ0n) is 22.4. The van der Waals surface area contributed by atoms with Crippen LogP contribution >= 0.6 is 11.3 Å². The van der Waals surface area contributed by atoms with Crippen molar-refractivity contribution in [3.05, 3.63) is 106 Å². The van der Waals surface area contributed by atoms with Crippen LogP contribution < -0.4 is 19.7 Å². The van der Waals surface area contributed by atoms with Gasteiger partial charge in [0.05, 0.1) is 25.5 Å². The predicted octanol–water partition coefficient (Wildman–Crippen LogP) is 4.70. The SMILES string of the molecule is COc1ccc(CN(C(=O)CN2C(=O)C(=O)c3ccccc32)C(C(=O)Nc2ccc(OC)cc2)c2cccs2)cc1. The summed E-state index contributed by atoms with van der Waals surface area (Å²) < 4.78 is 10.5. The first kappa shape index (κ1) is 27.6. The van der Waals surface area contributed by atoms with Gasteiger partial charge in [0.1, 0.15) is 24.1 Å². The van der Waals surface area contributed by atoms with Crippen LogP contribution in [-0.4, -0.2) is 49.2 Å². The maximum Gasteiger partial charge on any atom is 0.299 e. The number of ether oxygens (including phenoxy) is 2. The summed E-state index contributed by atoms with van der Waals surface area (Å²) in [5, 5.41) is 4.74. The number of Topliss-reactive ketones (excluding diaryl/α,β-unsaturated/α-hetero) is 1. The van der Waals surface area contributed by atoms with Gasteiger partial charge < -0.3 is 19.7 Å². The van der Waals surface area contributed by atoms with E-state index in [0.717, 1.165) is 5.56 Å². The minimum atomic E-state index is -1.02. The highest BCUT2D eigenvalue weighted by atomic mass is 32.1. The molecular formula is C31H27N3O6S. The number of rotatable bonds is 10. The Morgan fingerprint density at radius 1 is 0.878 bits per heavy atom. The summed E-state index contributed by atoms with van der Waals surface area (Å²) in [5.74, 6) is -1.08. The van der Waals surface area contributed by atoms with E-state index in [2.05, 4.69) is 5.32 Å². The molecule has 1 aliphatic rings. The van der Waals surface area contributed by atoms with Crippen LogP contribution in [0.15, 0.2) is 90.3 Å². The minimum Gasteiger partial charge on any atom is -0.497 e. The van der Waals surface area contributed by atoms with Gasteiger partial charge in [0.15, 0.2) is 0 Å². The fraction of sp³-hybridized carbons (Fsp3) is 0.161. The van der Waals surface area contributed by atoms with E-state index in [1.54, 1.807) is 80.9 Å². The number of hydrogen-bond donors (Lipinski definition) is 1. The smallest absolute Gasteiger partial charge is 0.299 e. The van der Waals surface area contributed by atoms with Crippen LogP contribution in [0.3, 0.4) is 0 Å². The quantitative estimate of drug-likeness (QED) is 0.278. The Morgan fingerprint density at radius 3 is 2.17 bits per heavy atom. The summed E-state index contributed by atoms with van der Waals surface area (Å²) in [7, 11) is 3.12. The highest BCUT2D eigenvalue weighted by molar-refractivity contribution is 7.10. The molecule has 41 heavy (non-hydrogen) atoms. The Kier molecular flexibility index (Phi) is 8.11. The number of ketones is 1. The van der Waals surface area contributed by atoms with E-state index in [0.29, 0.717) is 27.8 Å². The normalized spacial score (nSPS) is 13.0. The standard InChI is InChI=1S/C31H27N3O6S/c1-39-22-13-9-20(10-14-22)18-34(27(35)19-33-25-7-4-3-6-24(25)29(36)31(33)38)28(26-8-5-17-41-26)30(37)32-21-11-15-23(40-2)16-12-21/h3-17,28H,18-19H2,1-2H3,(H,32,37). The second-order valence-corrected chi connectivity index (χ2v) is 10.2. The van der Waals surface area contributed by atoms with Gasteiger partial charge in [-0.2, -0.15) is 0 Å². The molecule has 1 aromatic heterocycles. The topological polar surface area (TPSA) is 105 Å². The van der Waals surface area contributed by atoms with E-state index in [4.69, 9.17) is 9.47 Å². The van der Waals surface area contributed by atoms with Crippen molar-refractivity contribution in [3.63, 3.8) is 0 Å². The maximum atomic E-state index is 14.1. The molecule has 0 saturated heterocycles. The monoisotopic (exact) mass is 569 g/mol. The summed E-state index contributed by atoms with van der Waals surface area (Å²) in [5.41, 5.74) is 1.90. The molecule has 10 heteroatoms. The highest BCUT2D eigenvalue weighted by Gasteiger charge is 2.39. The van der Waals surface area contributed by atoms with Crippen LogP contribution in [0.2, 0.25) is 0 Å². The Morgan fingerprint density at radius 2 is 1.54 bits per heavy atom. The zero-order valence-corrected chi connectivity index (χ0v) is 23.2. The number of methoxy groups -OCH3 is 2. The molecule has 0 bridgehead atoms. The molecule has 0 fully saturated rings. The van der Waals surface area contributed by atoms with Crippen LogP contribution in [0.5, 0.6) is 11.5 Å². The molecule has 0 saturated carbocycles. The molecule has 1 aliphatic heterocycles. The second-order valence-electron chi connectivity index (χ2n) is 9.24. The van der Waals surface area contributed by atoms with Crippen molar-refractivity contribution in [3.8, 4) is 11.5 Å². The number of carbonyl (C=O) groups is 4. The third-order valence-corrected chi connectivity index (χ3v) is 7.66. The lowest BCUT2D eigenvalue weighted by Gasteiger charge is -2.32. The number of thiophene rings is 1. The lowest BCUT2D eigenvalue weighted by Crippen LogP contribution is -2.46. The van der Waals surface area contributed by atoms with Crippen LogP contribution in [0.4, 0.5) is 11.4 Å². The third kappa shape index (κ3) is 5.82. The minimum absolute atomic E-state index is 0.0685. The van der Waals surface area contributed by atoms with E-state index >= 15 is 0 Å². The lowest BCUT2D eigenvalue weighted by molar-refractivity contribution is -0.138. The van der Waals surface area contributed by atoms with E-state index in [-0.39, 0.29) is 12.1 Å². The summed E-state index contributed by atoms with van der Waals surface area (Å²) in [6, 6.07) is 23.2. The lowest BCUT2D eigenvalue weighted by atomic mass is 10.1. The first-order valence-electron chi connectivity index (χ1n) is 12.8. The number of carbonyl (C=O) groups excluding carboxylic acids is 4. The molecule has 208 valence electrons. The molecule has 3 amide bonds. The van der Waals surface area contributed by atoms with Gasteiger partial charge in [-0.05, 0) is 65.5 Å². The van der Waals surface area contributed by atoms with Gasteiger partial charge in [0.2, 0.25) is 5.91 Å². The van der Waals surface area contributed by atoms with Gasteiger partial charge in [-0.3, -0.25) is 24.1 Å². The summed E-state index contributed by atoms with van der Waals surface area (Å²) in [6.45, 7) is -0.339. The summed E-state index contributed by atoms with van der Waals surface area (Å²) in [4.78, 5) is 56.7. The van der Waals surface area contributed by atoms with Crippen LogP contribution in [0.25, 0.3) is 0 Å². The zero-order chi connectivity index (χ0) is 28.9. The van der Waals surface area contributed by atoms with E-state index < -0.39 is 36.1 Å². The first-order valence-corrected chi connectivity index (χ1v) is 13.6. The molecule has 4 aromatic rings. The van der Waals surface area contributed by atoms with Crippen molar-refractivity contribution in [1.82, 2.24) is 4.90 Å². The van der Waals surface area contributed by atoms with Crippen molar-refractivity contribution >= 4 is 46.2 Å². The number of hydrogen-bond acceptors (Lipinski definition) is 7. The molecule has 9 nitrogen and oxygen atoms in total. The first-order chi connectivity index (χ1) is 19.9. The van der Waals surface area contributed by atoms with Gasteiger partial charge in [-0.1, -0.05) is 30.3 Å². The van der Waals surface area contributed by atoms with Crippen molar-refractivity contribution in [2.75, 3.05) is 31.0 Å². The maximum absolute atomic E-state index is 14.1. The van der Waals surface area contributed by atoms with Crippen molar-refractivity contribution < 1.29 is 28.7 Å². The number of nitrogens with one attached hydrogen (secondary N) is 1. The Balaban J connectivity index is 1.50. The summed E-state index contributed by atoms with van der Waals surface area (Å²) in [6.07, 6.45) is 0. The molecular weight excluding hydrogens is 542 g/mol. The van der Waals surface area contributed by atoms with Gasteiger partial charge in [0, 0.05) is 17.1 Å². The van der Waals surface area contributed by atoms with E-state index in [9.17, 15) is 19.2 Å². The molecule has 3 aromatic carbocycles. The fourth-order valence-corrected chi connectivity index (χ4v) is 5.47. The van der Waals surface area contributed by atoms with Gasteiger partial charge >= 0.3 is 0 Å². The number of amides is 3. The molecule has 0 aliphatic carbocycles. The van der Waals surface area contributed by atoms with Gasteiger partial charge in [-0.15, -0.1) is 11.3 Å². The van der Waals surface area contributed by atoms with Crippen molar-refractivity contribution in [2.45, 2.75) is 12.6 Å². The van der Waals surface area contributed by atoms with Crippen molar-refractivity contribution in [2.24, 2.45) is 0 Å². The van der Waals surface area contributed by atoms with E-state index in [1.165, 1.54) is 21.1 Å². The van der Waals surface area contributed by atoms with Crippen LogP contribution in [0.1, 0.15) is 26.8 Å². The predicted molar refractivity (Wildman–Crippen MR) is 155 cm³/mol. The number of anilines is 2. The molecule has 1 N–H and O–H groups in total. The molecule has 2 heterocycles. The Bertz CT molecular complexity index is 1570. The average Bonchev–Trinajstić information content (AvgIpc) is 3.61. The molecule has 0 radical (unpaired) electrons. The molecule has 5 rings (SSSR count). The number of para-hydroxylation sites is 1. The third-order valence-electron chi connectivity index (χ3n) is 6.73. The number of nitrogens with zero attached hydrogens (tertiary/aromatic N) is 2. The summed E-state index contributed by atoms with van der Waals surface area (Å²) >= 11 is 1.34. The molecule has 0 spiro atoms. The number of fused-ring (bicyclic) bond motifs is 1. The average molecular weight is 570 g/mol. The van der Waals surface area contributed by atoms with E-state index in [1.807, 2.05) is 23.6 Å². The number of benzene rings is 3. The van der Waals surface area contributed by atoms with Crippen molar-refractivity contribution in [1.29, 1.82) is 0 Å². The van der Waals surface area contributed by atoms with Crippen LogP contribution in [-0.2, 0) is 20.9 Å². The fourth-order valence-electron chi connectivity index (χ4n) is 4.64. The molecule has 1 unspecified atom stereocenters. The largest absolute Gasteiger partial charge is 0.497 e. The van der Waals surface area contributed by atoms with Crippen LogP contribution in [0, 0.1) is 0 Å². The van der Waals surface area contributed by atoms with Gasteiger partial charge in [-0.25, -0.2) is 0 Å². The van der Waals surface area contributed by atoms with Gasteiger partial charge in [0.25, 0.3) is 17.6 Å². The Hall–Kier alpha value is -4.96.